The monoisotopic (exact) mass is 270 g/mol. The van der Waals surface area contributed by atoms with Gasteiger partial charge in [0.2, 0.25) is 5.95 Å². The summed E-state index contributed by atoms with van der Waals surface area (Å²) >= 11 is 0. The number of rotatable bonds is 3. The van der Waals surface area contributed by atoms with Crippen molar-refractivity contribution >= 4 is 11.9 Å². The predicted molar refractivity (Wildman–Crippen MR) is 60.3 cm³/mol. The normalized spacial score (nSPS) is 16.9. The van der Waals surface area contributed by atoms with Crippen molar-refractivity contribution in [2.24, 2.45) is 11.8 Å². The lowest BCUT2D eigenvalue weighted by molar-refractivity contribution is -0.144. The van der Waals surface area contributed by atoms with E-state index in [1.165, 1.54) is 4.90 Å². The van der Waals surface area contributed by atoms with Crippen LogP contribution in [0.4, 0.5) is 8.78 Å². The maximum atomic E-state index is 13.4. The largest absolute Gasteiger partial charge is 0.481 e. The van der Waals surface area contributed by atoms with Gasteiger partial charge in [-0.1, -0.05) is 6.92 Å². The molecule has 1 aromatic rings. The smallest absolute Gasteiger partial charge is 0.306 e. The van der Waals surface area contributed by atoms with E-state index in [1.54, 1.807) is 6.92 Å². The van der Waals surface area contributed by atoms with Crippen LogP contribution in [0.5, 0.6) is 0 Å². The second kappa shape index (κ2) is 4.91. The van der Waals surface area contributed by atoms with Crippen LogP contribution in [0.25, 0.3) is 0 Å². The molecule has 0 aliphatic carbocycles. The highest BCUT2D eigenvalue weighted by Gasteiger charge is 2.38. The van der Waals surface area contributed by atoms with Crippen LogP contribution in [0, 0.1) is 23.6 Å². The average Bonchev–Trinajstić information content (AvgIpc) is 2.30. The van der Waals surface area contributed by atoms with E-state index in [-0.39, 0.29) is 24.6 Å². The zero-order valence-electron chi connectivity index (χ0n) is 10.1. The van der Waals surface area contributed by atoms with Crippen molar-refractivity contribution < 1.29 is 23.5 Å². The quantitative estimate of drug-likeness (QED) is 0.836. The Balaban J connectivity index is 2.04. The number of carboxylic acid groups (broad SMARTS) is 1. The molecule has 0 bridgehead atoms. The van der Waals surface area contributed by atoms with E-state index >= 15 is 0 Å². The summed E-state index contributed by atoms with van der Waals surface area (Å²) in [6.45, 7) is 2.02. The lowest BCUT2D eigenvalue weighted by atomic mass is 9.86. The fourth-order valence-corrected chi connectivity index (χ4v) is 1.95. The van der Waals surface area contributed by atoms with Crippen LogP contribution in [-0.2, 0) is 4.79 Å². The highest BCUT2D eigenvalue weighted by Crippen LogP contribution is 2.26. The first-order chi connectivity index (χ1) is 8.91. The molecule has 2 heterocycles. The average molecular weight is 270 g/mol. The van der Waals surface area contributed by atoms with Crippen LogP contribution >= 0.6 is 0 Å². The zero-order chi connectivity index (χ0) is 14.2. The minimum atomic E-state index is -1.32. The molecule has 1 atom stereocenters. The first kappa shape index (κ1) is 13.4. The molecule has 1 saturated heterocycles. The maximum Gasteiger partial charge on any atom is 0.306 e. The molecule has 1 aliphatic rings. The number of aromatic nitrogens is 1. The summed E-state index contributed by atoms with van der Waals surface area (Å²) < 4.78 is 26.3. The van der Waals surface area contributed by atoms with Gasteiger partial charge in [-0.15, -0.1) is 0 Å². The number of carboxylic acids is 1. The van der Waals surface area contributed by atoms with Crippen LogP contribution in [0.2, 0.25) is 0 Å². The number of carbonyl (C=O) groups excluding carboxylic acids is 1. The fraction of sp³-hybridized carbons (Fsp3) is 0.417. The van der Waals surface area contributed by atoms with E-state index in [4.69, 9.17) is 5.11 Å². The molecule has 0 saturated carbocycles. The molecule has 0 spiro atoms. The van der Waals surface area contributed by atoms with Crippen molar-refractivity contribution in [1.29, 1.82) is 0 Å². The van der Waals surface area contributed by atoms with Crippen molar-refractivity contribution in [3.63, 3.8) is 0 Å². The number of amides is 1. The maximum absolute atomic E-state index is 13.4. The number of pyridine rings is 1. The second-order valence-electron chi connectivity index (χ2n) is 4.56. The lowest BCUT2D eigenvalue weighted by Gasteiger charge is -2.41. The Kier molecular flexibility index (Phi) is 3.46. The molecule has 1 N–H and O–H groups in total. The summed E-state index contributed by atoms with van der Waals surface area (Å²) in [5.41, 5.74) is -0.381. The number of carbonyl (C=O) groups is 2. The Labute approximate surface area is 107 Å². The first-order valence-corrected chi connectivity index (χ1v) is 5.74. The van der Waals surface area contributed by atoms with Gasteiger partial charge in [-0.25, -0.2) is 9.37 Å². The van der Waals surface area contributed by atoms with Crippen LogP contribution in [0.1, 0.15) is 17.3 Å². The van der Waals surface area contributed by atoms with E-state index in [0.717, 1.165) is 12.3 Å². The lowest BCUT2D eigenvalue weighted by Crippen LogP contribution is -2.53. The molecule has 7 heteroatoms. The molecule has 5 nitrogen and oxygen atoms in total. The van der Waals surface area contributed by atoms with E-state index in [9.17, 15) is 18.4 Å². The molecule has 1 aromatic heterocycles. The van der Waals surface area contributed by atoms with Gasteiger partial charge in [0.25, 0.3) is 5.91 Å². The third kappa shape index (κ3) is 2.40. The minimum Gasteiger partial charge on any atom is -0.481 e. The van der Waals surface area contributed by atoms with Crippen molar-refractivity contribution in [2.45, 2.75) is 6.92 Å². The molecule has 0 radical (unpaired) electrons. The summed E-state index contributed by atoms with van der Waals surface area (Å²) in [5, 5.41) is 8.82. The van der Waals surface area contributed by atoms with E-state index in [1.807, 2.05) is 0 Å². The summed E-state index contributed by atoms with van der Waals surface area (Å²) in [6.07, 6.45) is 1.02. The molecule has 2 rings (SSSR count). The molecular formula is C12H12F2N2O3. The molecule has 1 unspecified atom stereocenters. The van der Waals surface area contributed by atoms with Crippen LogP contribution < -0.4 is 0 Å². The Morgan fingerprint density at radius 1 is 1.47 bits per heavy atom. The Morgan fingerprint density at radius 2 is 2.11 bits per heavy atom. The summed E-state index contributed by atoms with van der Waals surface area (Å²) in [7, 11) is 0. The van der Waals surface area contributed by atoms with Crippen LogP contribution in [0.15, 0.2) is 12.3 Å². The molecular weight excluding hydrogens is 258 g/mol. The van der Waals surface area contributed by atoms with Crippen molar-refractivity contribution in [3.05, 3.63) is 29.6 Å². The van der Waals surface area contributed by atoms with Gasteiger partial charge >= 0.3 is 5.97 Å². The SMILES string of the molecule is CC(C(=O)O)C1CN(C(=O)c2ccnc(F)c2F)C1. The standard InChI is InChI=1S/C12H12F2N2O3/c1-6(12(18)19)7-4-16(5-7)11(17)8-2-3-15-10(14)9(8)13/h2-3,6-7H,4-5H2,1H3,(H,18,19). The molecule has 1 aliphatic heterocycles. The number of hydrogen-bond donors (Lipinski definition) is 1. The van der Waals surface area contributed by atoms with Crippen LogP contribution in [0.3, 0.4) is 0 Å². The molecule has 0 aromatic carbocycles. The van der Waals surface area contributed by atoms with Gasteiger partial charge in [0.05, 0.1) is 11.5 Å². The summed E-state index contributed by atoms with van der Waals surface area (Å²) in [4.78, 5) is 27.0. The van der Waals surface area contributed by atoms with Gasteiger partial charge in [0.1, 0.15) is 0 Å². The van der Waals surface area contributed by atoms with E-state index < -0.39 is 29.6 Å². The van der Waals surface area contributed by atoms with Crippen molar-refractivity contribution in [3.8, 4) is 0 Å². The Bertz CT molecular complexity index is 530. The number of halogens is 2. The summed E-state index contributed by atoms with van der Waals surface area (Å²) in [5.74, 6) is -4.89. The Hall–Kier alpha value is -2.05. The fourth-order valence-electron chi connectivity index (χ4n) is 1.95. The van der Waals surface area contributed by atoms with Gasteiger partial charge in [0, 0.05) is 25.2 Å². The topological polar surface area (TPSA) is 70.5 Å². The van der Waals surface area contributed by atoms with Crippen LogP contribution in [-0.4, -0.2) is 40.0 Å². The van der Waals surface area contributed by atoms with Crippen molar-refractivity contribution in [1.82, 2.24) is 9.88 Å². The zero-order valence-corrected chi connectivity index (χ0v) is 10.1. The van der Waals surface area contributed by atoms with E-state index in [2.05, 4.69) is 4.98 Å². The number of nitrogens with zero attached hydrogens (tertiary/aromatic N) is 2. The highest BCUT2D eigenvalue weighted by molar-refractivity contribution is 5.95. The molecule has 1 fully saturated rings. The Morgan fingerprint density at radius 3 is 2.68 bits per heavy atom. The first-order valence-electron chi connectivity index (χ1n) is 5.74. The van der Waals surface area contributed by atoms with Gasteiger partial charge in [0.15, 0.2) is 5.82 Å². The molecule has 102 valence electrons. The van der Waals surface area contributed by atoms with Crippen molar-refractivity contribution in [2.75, 3.05) is 13.1 Å². The highest BCUT2D eigenvalue weighted by atomic mass is 19.2. The minimum absolute atomic E-state index is 0.156. The van der Waals surface area contributed by atoms with Gasteiger partial charge in [-0.05, 0) is 6.07 Å². The van der Waals surface area contributed by atoms with Gasteiger partial charge in [-0.2, -0.15) is 4.39 Å². The third-order valence-corrected chi connectivity index (χ3v) is 3.37. The summed E-state index contributed by atoms with van der Waals surface area (Å²) in [6, 6.07) is 1.11. The van der Waals surface area contributed by atoms with Gasteiger partial charge < -0.3 is 10.0 Å². The van der Waals surface area contributed by atoms with Gasteiger partial charge in [-0.3, -0.25) is 9.59 Å². The number of aliphatic carboxylic acids is 1. The third-order valence-electron chi connectivity index (χ3n) is 3.37. The number of likely N-dealkylation sites (tertiary alicyclic amines) is 1. The number of hydrogen-bond acceptors (Lipinski definition) is 3. The molecule has 19 heavy (non-hydrogen) atoms. The van der Waals surface area contributed by atoms with E-state index in [0.29, 0.717) is 0 Å². The molecule has 1 amide bonds. The predicted octanol–water partition coefficient (Wildman–Crippen LogP) is 1.15. The second-order valence-corrected chi connectivity index (χ2v) is 4.56.